The van der Waals surface area contributed by atoms with Gasteiger partial charge < -0.3 is 9.88 Å². The maximum absolute atomic E-state index is 12.8. The second-order valence-electron chi connectivity index (χ2n) is 6.08. The zero-order valence-corrected chi connectivity index (χ0v) is 17.0. The summed E-state index contributed by atoms with van der Waals surface area (Å²) in [6.07, 6.45) is -4.64. The Kier molecular flexibility index (Phi) is 6.47. The minimum Gasteiger partial charge on any atom is -0.325 e. The Morgan fingerprint density at radius 2 is 1.83 bits per heavy atom. The molecule has 0 saturated heterocycles. The van der Waals surface area contributed by atoms with Gasteiger partial charge in [0.05, 0.1) is 11.4 Å². The molecule has 0 spiro atoms. The molecule has 1 amide bonds. The molecule has 11 heteroatoms. The molecule has 1 heterocycles. The van der Waals surface area contributed by atoms with E-state index in [0.717, 1.165) is 16.3 Å². The molecule has 1 aromatic heterocycles. The average molecular weight is 455 g/mol. The summed E-state index contributed by atoms with van der Waals surface area (Å²) in [7, 11) is 1.17. The first-order valence-corrected chi connectivity index (χ1v) is 9.81. The first kappa shape index (κ1) is 21.8. The first-order valence-electron chi connectivity index (χ1n) is 8.45. The van der Waals surface area contributed by atoms with Crippen LogP contribution < -0.4 is 5.32 Å². The number of carbonyl (C=O) groups excluding carboxylic acids is 2. The number of amides is 1. The number of carbonyl (C=O) groups is 2. The number of benzene rings is 2. The van der Waals surface area contributed by atoms with Crippen LogP contribution in [0.15, 0.2) is 53.7 Å². The molecule has 3 aromatic rings. The number of ketones is 1. The highest BCUT2D eigenvalue weighted by atomic mass is 35.5. The van der Waals surface area contributed by atoms with E-state index in [1.807, 2.05) is 0 Å². The van der Waals surface area contributed by atoms with Gasteiger partial charge in [0.25, 0.3) is 0 Å². The molecule has 2 aromatic carbocycles. The van der Waals surface area contributed by atoms with Crippen molar-refractivity contribution in [3.63, 3.8) is 0 Å². The summed E-state index contributed by atoms with van der Waals surface area (Å²) in [4.78, 5) is 25.1. The fourth-order valence-electron chi connectivity index (χ4n) is 2.56. The fraction of sp³-hybridized carbons (Fsp3) is 0.158. The third kappa shape index (κ3) is 5.00. The number of anilines is 1. The van der Waals surface area contributed by atoms with Gasteiger partial charge in [0.1, 0.15) is 0 Å². The van der Waals surface area contributed by atoms with Gasteiger partial charge in [-0.2, -0.15) is 13.2 Å². The number of nitrogens with one attached hydrogen (secondary N) is 1. The topological polar surface area (TPSA) is 76.9 Å². The summed E-state index contributed by atoms with van der Waals surface area (Å²) in [5.74, 6) is -2.24. The summed E-state index contributed by atoms with van der Waals surface area (Å²) in [5, 5.41) is 9.42. The molecule has 0 bridgehead atoms. The number of hydrogen-bond acceptors (Lipinski definition) is 5. The Labute approximate surface area is 178 Å². The predicted molar refractivity (Wildman–Crippen MR) is 107 cm³/mol. The van der Waals surface area contributed by atoms with Crippen LogP contribution in [0.25, 0.3) is 0 Å². The molecule has 1 N–H and O–H groups in total. The molecule has 0 aliphatic rings. The Balaban J connectivity index is 1.73. The van der Waals surface area contributed by atoms with Crippen LogP contribution in [0, 0.1) is 0 Å². The number of halogens is 4. The van der Waals surface area contributed by atoms with Gasteiger partial charge in [-0.1, -0.05) is 53.7 Å². The van der Waals surface area contributed by atoms with E-state index in [-0.39, 0.29) is 27.9 Å². The Hall–Kier alpha value is -2.85. The van der Waals surface area contributed by atoms with Crippen molar-refractivity contribution in [3.8, 4) is 0 Å². The lowest BCUT2D eigenvalue weighted by atomic mass is 10.0. The third-order valence-electron chi connectivity index (χ3n) is 3.96. The Morgan fingerprint density at radius 1 is 1.13 bits per heavy atom. The molecule has 30 heavy (non-hydrogen) atoms. The lowest BCUT2D eigenvalue weighted by Crippen LogP contribution is -2.17. The monoisotopic (exact) mass is 454 g/mol. The molecule has 0 aliphatic heterocycles. The van der Waals surface area contributed by atoms with Crippen LogP contribution in [-0.4, -0.2) is 32.2 Å². The lowest BCUT2D eigenvalue weighted by molar-refractivity contribution is -0.147. The smallest absolute Gasteiger partial charge is 0.325 e. The maximum Gasteiger partial charge on any atom is 0.451 e. The van der Waals surface area contributed by atoms with Crippen molar-refractivity contribution in [2.75, 3.05) is 11.1 Å². The van der Waals surface area contributed by atoms with Crippen molar-refractivity contribution in [2.24, 2.45) is 7.05 Å². The maximum atomic E-state index is 12.8. The van der Waals surface area contributed by atoms with Crippen molar-refractivity contribution in [2.45, 2.75) is 11.3 Å². The molecule has 156 valence electrons. The zero-order chi connectivity index (χ0) is 21.9. The van der Waals surface area contributed by atoms with E-state index in [1.54, 1.807) is 30.3 Å². The molecule has 0 unspecified atom stereocenters. The number of hydrogen-bond donors (Lipinski definition) is 1. The van der Waals surface area contributed by atoms with Gasteiger partial charge in [0, 0.05) is 23.2 Å². The number of alkyl halides is 3. The van der Waals surface area contributed by atoms with Gasteiger partial charge in [-0.25, -0.2) is 0 Å². The third-order valence-corrected chi connectivity index (χ3v) is 5.21. The van der Waals surface area contributed by atoms with E-state index < -0.39 is 17.9 Å². The Bertz CT molecular complexity index is 1090. The van der Waals surface area contributed by atoms with E-state index in [9.17, 15) is 22.8 Å². The minimum absolute atomic E-state index is 0.0610. The Morgan fingerprint density at radius 3 is 2.47 bits per heavy atom. The summed E-state index contributed by atoms with van der Waals surface area (Å²) in [6.45, 7) is 0. The second kappa shape index (κ2) is 8.88. The average Bonchev–Trinajstić information content (AvgIpc) is 3.08. The number of aromatic nitrogens is 3. The SMILES string of the molecule is Cn1c(SCC(=O)Nc2ccc(Cl)cc2C(=O)c2ccccc2)nnc1C(F)(F)F. The summed E-state index contributed by atoms with van der Waals surface area (Å²) < 4.78 is 39.1. The van der Waals surface area contributed by atoms with Crippen molar-refractivity contribution in [1.29, 1.82) is 0 Å². The van der Waals surface area contributed by atoms with E-state index in [4.69, 9.17) is 11.6 Å². The van der Waals surface area contributed by atoms with Gasteiger partial charge in [-0.3, -0.25) is 9.59 Å². The normalized spacial score (nSPS) is 11.4. The molecule has 0 atom stereocenters. The van der Waals surface area contributed by atoms with E-state index in [2.05, 4.69) is 15.5 Å². The molecule has 0 aliphatic carbocycles. The van der Waals surface area contributed by atoms with E-state index in [1.165, 1.54) is 25.2 Å². The van der Waals surface area contributed by atoms with Crippen molar-refractivity contribution < 1.29 is 22.8 Å². The van der Waals surface area contributed by atoms with Crippen LogP contribution in [0.3, 0.4) is 0 Å². The van der Waals surface area contributed by atoms with Crippen molar-refractivity contribution in [1.82, 2.24) is 14.8 Å². The van der Waals surface area contributed by atoms with Crippen LogP contribution >= 0.6 is 23.4 Å². The van der Waals surface area contributed by atoms with Crippen LogP contribution in [0.1, 0.15) is 21.7 Å². The van der Waals surface area contributed by atoms with Gasteiger partial charge in [-0.05, 0) is 18.2 Å². The molecule has 3 rings (SSSR count). The largest absolute Gasteiger partial charge is 0.451 e. The van der Waals surface area contributed by atoms with Gasteiger partial charge in [0.15, 0.2) is 10.9 Å². The summed E-state index contributed by atoms with van der Waals surface area (Å²) in [5.41, 5.74) is 0.862. The van der Waals surface area contributed by atoms with Gasteiger partial charge in [-0.15, -0.1) is 10.2 Å². The van der Waals surface area contributed by atoms with E-state index in [0.29, 0.717) is 10.6 Å². The van der Waals surface area contributed by atoms with Crippen LogP contribution in [0.4, 0.5) is 18.9 Å². The highest BCUT2D eigenvalue weighted by Crippen LogP contribution is 2.30. The molecular formula is C19H14ClF3N4O2S. The number of thioether (sulfide) groups is 1. The van der Waals surface area contributed by atoms with Gasteiger partial charge >= 0.3 is 6.18 Å². The fourth-order valence-corrected chi connectivity index (χ4v) is 3.45. The second-order valence-corrected chi connectivity index (χ2v) is 7.46. The zero-order valence-electron chi connectivity index (χ0n) is 15.4. The molecule has 0 saturated carbocycles. The van der Waals surface area contributed by atoms with Crippen molar-refractivity contribution in [3.05, 3.63) is 70.5 Å². The van der Waals surface area contributed by atoms with Crippen molar-refractivity contribution >= 4 is 40.7 Å². The molecule has 0 radical (unpaired) electrons. The van der Waals surface area contributed by atoms with Crippen LogP contribution in [-0.2, 0) is 18.0 Å². The standard InChI is InChI=1S/C19H14ClF3N4O2S/c1-27-17(19(21,22)23)25-26-18(27)30-10-15(28)24-14-8-7-12(20)9-13(14)16(29)11-5-3-2-4-6-11/h2-9H,10H2,1H3,(H,24,28). The molecular weight excluding hydrogens is 441 g/mol. The highest BCUT2D eigenvalue weighted by molar-refractivity contribution is 7.99. The van der Waals surface area contributed by atoms with Crippen LogP contribution in [0.5, 0.6) is 0 Å². The van der Waals surface area contributed by atoms with Crippen LogP contribution in [0.2, 0.25) is 5.02 Å². The summed E-state index contributed by atoms with van der Waals surface area (Å²) in [6, 6.07) is 12.9. The quantitative estimate of drug-likeness (QED) is 0.440. The molecule has 0 fully saturated rings. The van der Waals surface area contributed by atoms with Gasteiger partial charge in [0.2, 0.25) is 11.7 Å². The first-order chi connectivity index (χ1) is 14.2. The predicted octanol–water partition coefficient (Wildman–Crippen LogP) is 4.45. The summed E-state index contributed by atoms with van der Waals surface area (Å²) >= 11 is 6.80. The number of nitrogens with zero attached hydrogens (tertiary/aromatic N) is 3. The lowest BCUT2D eigenvalue weighted by Gasteiger charge is -2.11. The van der Waals surface area contributed by atoms with E-state index >= 15 is 0 Å². The minimum atomic E-state index is -4.64. The number of rotatable bonds is 6. The molecule has 6 nitrogen and oxygen atoms in total. The highest BCUT2D eigenvalue weighted by Gasteiger charge is 2.37.